The summed E-state index contributed by atoms with van der Waals surface area (Å²) in [4.78, 5) is 24.9. The molecule has 3 rings (SSSR count). The third-order valence-corrected chi connectivity index (χ3v) is 7.81. The first kappa shape index (κ1) is 21.3. The number of amides is 2. The molecule has 0 bridgehead atoms. The summed E-state index contributed by atoms with van der Waals surface area (Å²) in [5, 5.41) is 4.25. The average molecular weight is 437 g/mol. The van der Waals surface area contributed by atoms with Gasteiger partial charge < -0.3 is 10.6 Å². The molecule has 29 heavy (non-hydrogen) atoms. The summed E-state index contributed by atoms with van der Waals surface area (Å²) < 4.78 is 39.4. The fourth-order valence-electron chi connectivity index (χ4n) is 2.86. The Hall–Kier alpha value is -2.39. The molecular formula is C20H21FN2O4S2. The van der Waals surface area contributed by atoms with Crippen LogP contribution in [0.3, 0.4) is 0 Å². The second-order valence-electron chi connectivity index (χ2n) is 6.88. The van der Waals surface area contributed by atoms with E-state index < -0.39 is 26.8 Å². The number of carbonyl (C=O) groups is 2. The molecule has 0 radical (unpaired) electrons. The number of thioether (sulfide) groups is 1. The van der Waals surface area contributed by atoms with Crippen LogP contribution >= 0.6 is 11.8 Å². The lowest BCUT2D eigenvalue weighted by molar-refractivity contribution is -0.116. The molecule has 9 heteroatoms. The minimum absolute atomic E-state index is 0.0423. The molecular weight excluding hydrogens is 415 g/mol. The average Bonchev–Trinajstić information content (AvgIpc) is 2.84. The predicted octanol–water partition coefficient (Wildman–Crippen LogP) is 3.76. The molecule has 1 atom stereocenters. The van der Waals surface area contributed by atoms with Crippen molar-refractivity contribution >= 4 is 44.8 Å². The van der Waals surface area contributed by atoms with Gasteiger partial charge in [0.15, 0.2) is 9.84 Å². The number of benzene rings is 2. The largest absolute Gasteiger partial charge is 0.326 e. The molecule has 6 nitrogen and oxygen atoms in total. The molecule has 154 valence electrons. The van der Waals surface area contributed by atoms with Crippen molar-refractivity contribution in [3.63, 3.8) is 0 Å². The van der Waals surface area contributed by atoms with Crippen molar-refractivity contribution in [3.05, 3.63) is 47.8 Å². The Labute approximate surface area is 173 Å². The van der Waals surface area contributed by atoms with E-state index in [4.69, 9.17) is 0 Å². The number of aryl methyl sites for hydroxylation is 1. The zero-order chi connectivity index (χ0) is 21.2. The lowest BCUT2D eigenvalue weighted by Gasteiger charge is -2.15. The van der Waals surface area contributed by atoms with Gasteiger partial charge in [0.1, 0.15) is 5.82 Å². The van der Waals surface area contributed by atoms with Crippen LogP contribution < -0.4 is 10.6 Å². The predicted molar refractivity (Wildman–Crippen MR) is 111 cm³/mol. The zero-order valence-electron chi connectivity index (χ0n) is 16.0. The number of hydrogen-bond donors (Lipinski definition) is 2. The van der Waals surface area contributed by atoms with Gasteiger partial charge in [0, 0.05) is 29.2 Å². The fourth-order valence-corrected chi connectivity index (χ4v) is 5.17. The third kappa shape index (κ3) is 4.97. The summed E-state index contributed by atoms with van der Waals surface area (Å²) in [7, 11) is -3.80. The molecule has 1 aliphatic heterocycles. The van der Waals surface area contributed by atoms with E-state index in [-0.39, 0.29) is 22.9 Å². The van der Waals surface area contributed by atoms with Crippen LogP contribution in [0.2, 0.25) is 0 Å². The lowest BCUT2D eigenvalue weighted by atomic mass is 10.2. The number of rotatable bonds is 5. The van der Waals surface area contributed by atoms with E-state index in [1.165, 1.54) is 43.0 Å². The Balaban J connectivity index is 1.74. The van der Waals surface area contributed by atoms with Crippen molar-refractivity contribution in [2.24, 2.45) is 0 Å². The van der Waals surface area contributed by atoms with Crippen molar-refractivity contribution < 1.29 is 22.4 Å². The van der Waals surface area contributed by atoms with Gasteiger partial charge in [-0.1, -0.05) is 6.07 Å². The van der Waals surface area contributed by atoms with E-state index >= 15 is 0 Å². The first-order chi connectivity index (χ1) is 13.7. The van der Waals surface area contributed by atoms with Gasteiger partial charge in [-0.25, -0.2) is 12.8 Å². The highest BCUT2D eigenvalue weighted by molar-refractivity contribution is 7.99. The number of carbonyl (C=O) groups excluding carboxylic acids is 2. The molecule has 0 unspecified atom stereocenters. The topological polar surface area (TPSA) is 92.3 Å². The van der Waals surface area contributed by atoms with Gasteiger partial charge in [0.2, 0.25) is 11.8 Å². The van der Waals surface area contributed by atoms with Crippen LogP contribution in [0.1, 0.15) is 25.3 Å². The maximum Gasteiger partial charge on any atom is 0.225 e. The Morgan fingerprint density at radius 3 is 2.76 bits per heavy atom. The first-order valence-electron chi connectivity index (χ1n) is 9.03. The number of sulfone groups is 1. The van der Waals surface area contributed by atoms with Crippen molar-refractivity contribution in [2.75, 3.05) is 16.4 Å². The Bertz CT molecular complexity index is 1070. The van der Waals surface area contributed by atoms with Crippen LogP contribution in [0.5, 0.6) is 0 Å². The Morgan fingerprint density at radius 2 is 2.03 bits per heavy atom. The van der Waals surface area contributed by atoms with E-state index in [9.17, 15) is 22.4 Å². The maximum absolute atomic E-state index is 13.6. The Kier molecular flexibility index (Phi) is 6.28. The normalized spacial score (nSPS) is 15.1. The van der Waals surface area contributed by atoms with E-state index in [0.29, 0.717) is 23.4 Å². The smallest absolute Gasteiger partial charge is 0.225 e. The molecule has 0 saturated carbocycles. The molecule has 2 aromatic rings. The van der Waals surface area contributed by atoms with Gasteiger partial charge in [-0.05, 0) is 49.7 Å². The highest BCUT2D eigenvalue weighted by atomic mass is 32.2. The molecule has 1 aliphatic rings. The van der Waals surface area contributed by atoms with Crippen LogP contribution in [0, 0.1) is 12.7 Å². The molecule has 2 amide bonds. The number of halogens is 1. The highest BCUT2D eigenvalue weighted by Crippen LogP contribution is 2.33. The molecule has 0 spiro atoms. The van der Waals surface area contributed by atoms with Crippen LogP contribution in [0.15, 0.2) is 46.2 Å². The zero-order valence-corrected chi connectivity index (χ0v) is 17.6. The summed E-state index contributed by atoms with van der Waals surface area (Å²) in [6.45, 7) is 3.06. The summed E-state index contributed by atoms with van der Waals surface area (Å²) in [5.41, 5.74) is 1.19. The third-order valence-electron chi connectivity index (χ3n) is 4.60. The van der Waals surface area contributed by atoms with Gasteiger partial charge in [-0.2, -0.15) is 0 Å². The van der Waals surface area contributed by atoms with E-state index in [2.05, 4.69) is 10.6 Å². The van der Waals surface area contributed by atoms with Crippen molar-refractivity contribution in [1.82, 2.24) is 0 Å². The van der Waals surface area contributed by atoms with Gasteiger partial charge in [0.25, 0.3) is 0 Å². The van der Waals surface area contributed by atoms with Crippen LogP contribution in [0.25, 0.3) is 0 Å². The highest BCUT2D eigenvalue weighted by Gasteiger charge is 2.27. The molecule has 2 N–H and O–H groups in total. The van der Waals surface area contributed by atoms with E-state index in [1.54, 1.807) is 19.1 Å². The quantitative estimate of drug-likeness (QED) is 0.745. The monoisotopic (exact) mass is 436 g/mol. The van der Waals surface area contributed by atoms with Crippen LogP contribution in [-0.4, -0.2) is 31.2 Å². The molecule has 0 saturated heterocycles. The lowest BCUT2D eigenvalue weighted by Crippen LogP contribution is -2.25. The Morgan fingerprint density at radius 1 is 1.28 bits per heavy atom. The van der Waals surface area contributed by atoms with Crippen LogP contribution in [0.4, 0.5) is 15.8 Å². The minimum atomic E-state index is -3.80. The number of fused-ring (bicyclic) bond motifs is 1. The standard InChI is InChI=1S/C20H21FN2O4S2/c1-12-3-4-14(10-16(12)21)22-20(25)9-13(2)29(26,27)15-5-6-18-17(11-15)23-19(24)7-8-28-18/h3-6,10-11,13H,7-9H2,1-2H3,(H,22,25)(H,23,24)/t13-/m0/s1. The second kappa shape index (κ2) is 8.54. The van der Waals surface area contributed by atoms with Crippen molar-refractivity contribution in [3.8, 4) is 0 Å². The molecule has 1 heterocycles. The van der Waals surface area contributed by atoms with E-state index in [1.807, 2.05) is 0 Å². The molecule has 0 fully saturated rings. The van der Waals surface area contributed by atoms with Gasteiger partial charge in [-0.15, -0.1) is 11.8 Å². The van der Waals surface area contributed by atoms with Crippen molar-refractivity contribution in [2.45, 2.75) is 41.7 Å². The first-order valence-corrected chi connectivity index (χ1v) is 11.6. The minimum Gasteiger partial charge on any atom is -0.326 e. The second-order valence-corrected chi connectivity index (χ2v) is 10.4. The summed E-state index contributed by atoms with van der Waals surface area (Å²) in [6, 6.07) is 8.88. The summed E-state index contributed by atoms with van der Waals surface area (Å²) in [6.07, 6.45) is 0.0770. The molecule has 0 aromatic heterocycles. The number of nitrogens with one attached hydrogen (secondary N) is 2. The van der Waals surface area contributed by atoms with Gasteiger partial charge >= 0.3 is 0 Å². The molecule has 0 aliphatic carbocycles. The molecule has 2 aromatic carbocycles. The maximum atomic E-state index is 13.6. The van der Waals surface area contributed by atoms with E-state index in [0.717, 1.165) is 4.90 Å². The summed E-state index contributed by atoms with van der Waals surface area (Å²) in [5.74, 6) is -0.513. The van der Waals surface area contributed by atoms with Crippen LogP contribution in [-0.2, 0) is 19.4 Å². The fraction of sp³-hybridized carbons (Fsp3) is 0.300. The van der Waals surface area contributed by atoms with Crippen molar-refractivity contribution in [1.29, 1.82) is 0 Å². The van der Waals surface area contributed by atoms with Gasteiger partial charge in [0.05, 0.1) is 15.8 Å². The SMILES string of the molecule is Cc1ccc(NC(=O)C[C@H](C)S(=O)(=O)c2ccc3c(c2)NC(=O)CCS3)cc1F. The number of hydrogen-bond acceptors (Lipinski definition) is 5. The number of anilines is 2. The summed E-state index contributed by atoms with van der Waals surface area (Å²) >= 11 is 1.48. The van der Waals surface area contributed by atoms with Gasteiger partial charge in [-0.3, -0.25) is 9.59 Å².